The number of fused-ring (bicyclic) bond motifs is 1. The first-order valence-corrected chi connectivity index (χ1v) is 8.97. The molecule has 1 aromatic heterocycles. The third kappa shape index (κ3) is 4.45. The lowest BCUT2D eigenvalue weighted by Gasteiger charge is -2.19. The average Bonchev–Trinajstić information content (AvgIpc) is 2.93. The van der Waals surface area contributed by atoms with Crippen molar-refractivity contribution in [2.75, 3.05) is 25.4 Å². The molecule has 0 bridgehead atoms. The molecule has 2 amide bonds. The number of nitrogens with one attached hydrogen (secondary N) is 1. The molecule has 2 rings (SSSR count). The van der Waals surface area contributed by atoms with Crippen molar-refractivity contribution >= 4 is 45.1 Å². The predicted molar refractivity (Wildman–Crippen MR) is 91.3 cm³/mol. The molecule has 0 unspecified atom stereocenters. The molecule has 2 aromatic rings. The Morgan fingerprint density at radius 2 is 2.09 bits per heavy atom. The number of aromatic nitrogens is 1. The Kier molecular flexibility index (Phi) is 6.21. The van der Waals surface area contributed by atoms with E-state index >= 15 is 0 Å². The normalized spacial score (nSPS) is 10.6. The predicted octanol–water partition coefficient (Wildman–Crippen LogP) is 2.37. The van der Waals surface area contributed by atoms with Gasteiger partial charge in [0.2, 0.25) is 11.8 Å². The largest absolute Gasteiger partial charge is 0.355 e. The zero-order chi connectivity index (χ0) is 15.9. The summed E-state index contributed by atoms with van der Waals surface area (Å²) in [4.78, 5) is 29.8. The third-order valence-corrected chi connectivity index (χ3v) is 5.20. The van der Waals surface area contributed by atoms with Crippen molar-refractivity contribution in [1.29, 1.82) is 0 Å². The second-order valence-electron chi connectivity index (χ2n) is 4.60. The van der Waals surface area contributed by atoms with Gasteiger partial charge in [-0.05, 0) is 26.0 Å². The van der Waals surface area contributed by atoms with Crippen LogP contribution in [0.4, 0.5) is 0 Å². The minimum absolute atomic E-state index is 0.0435. The van der Waals surface area contributed by atoms with E-state index < -0.39 is 0 Å². The van der Waals surface area contributed by atoms with Crippen LogP contribution in [0.25, 0.3) is 10.2 Å². The van der Waals surface area contributed by atoms with Crippen LogP contribution in [0, 0.1) is 0 Å². The smallest absolute Gasteiger partial charge is 0.239 e. The summed E-state index contributed by atoms with van der Waals surface area (Å²) in [5.41, 5.74) is 0.956. The number of amides is 2. The number of carbonyl (C=O) groups excluding carboxylic acids is 2. The molecule has 1 heterocycles. The number of likely N-dealkylation sites (N-methyl/N-ethyl adjacent to an activating group) is 2. The lowest BCUT2D eigenvalue weighted by Crippen LogP contribution is -2.41. The highest BCUT2D eigenvalue weighted by atomic mass is 32.2. The van der Waals surface area contributed by atoms with Crippen LogP contribution in [-0.4, -0.2) is 47.1 Å². The van der Waals surface area contributed by atoms with E-state index in [4.69, 9.17) is 0 Å². The minimum atomic E-state index is -0.123. The fourth-order valence-corrected chi connectivity index (χ4v) is 3.90. The standard InChI is InChI=1S/C15H19N3O2S2/c1-3-16-13(19)9-18(4-2)14(20)10-21-15-17-11-7-5-6-8-12(11)22-15/h5-8H,3-4,9-10H2,1-2H3,(H,16,19). The van der Waals surface area contributed by atoms with Gasteiger partial charge in [0.1, 0.15) is 0 Å². The Hall–Kier alpha value is -1.60. The number of thioether (sulfide) groups is 1. The quantitative estimate of drug-likeness (QED) is 0.788. The molecule has 5 nitrogen and oxygen atoms in total. The summed E-state index contributed by atoms with van der Waals surface area (Å²) in [7, 11) is 0. The number of nitrogens with zero attached hydrogens (tertiary/aromatic N) is 2. The number of benzene rings is 1. The maximum Gasteiger partial charge on any atom is 0.239 e. The Labute approximate surface area is 138 Å². The number of hydrogen-bond donors (Lipinski definition) is 1. The van der Waals surface area contributed by atoms with Gasteiger partial charge >= 0.3 is 0 Å². The lowest BCUT2D eigenvalue weighted by molar-refractivity contribution is -0.133. The molecular weight excluding hydrogens is 318 g/mol. The Morgan fingerprint density at radius 1 is 1.32 bits per heavy atom. The van der Waals surface area contributed by atoms with Crippen LogP contribution >= 0.6 is 23.1 Å². The summed E-state index contributed by atoms with van der Waals surface area (Å²) in [5.74, 6) is 0.133. The van der Waals surface area contributed by atoms with Gasteiger partial charge in [0.25, 0.3) is 0 Å². The topological polar surface area (TPSA) is 62.3 Å². The van der Waals surface area contributed by atoms with Crippen molar-refractivity contribution in [2.45, 2.75) is 18.2 Å². The van der Waals surface area contributed by atoms with Crippen LogP contribution in [-0.2, 0) is 9.59 Å². The SMILES string of the molecule is CCNC(=O)CN(CC)C(=O)CSc1nc2ccccc2s1. The molecule has 22 heavy (non-hydrogen) atoms. The molecule has 0 aliphatic rings. The van der Waals surface area contributed by atoms with Crippen LogP contribution in [0.3, 0.4) is 0 Å². The number of hydrogen-bond acceptors (Lipinski definition) is 5. The highest BCUT2D eigenvalue weighted by Crippen LogP contribution is 2.29. The van der Waals surface area contributed by atoms with Crippen LogP contribution in [0.1, 0.15) is 13.8 Å². The van der Waals surface area contributed by atoms with E-state index in [0.29, 0.717) is 18.8 Å². The first kappa shape index (κ1) is 16.8. The molecule has 118 valence electrons. The van der Waals surface area contributed by atoms with E-state index in [1.165, 1.54) is 11.8 Å². The van der Waals surface area contributed by atoms with Crippen molar-refractivity contribution in [3.8, 4) is 0 Å². The summed E-state index contributed by atoms with van der Waals surface area (Å²) in [6.07, 6.45) is 0. The maximum absolute atomic E-state index is 12.2. The van der Waals surface area contributed by atoms with Crippen LogP contribution in [0.5, 0.6) is 0 Å². The third-order valence-electron chi connectivity index (χ3n) is 3.04. The maximum atomic E-state index is 12.2. The molecule has 1 N–H and O–H groups in total. The van der Waals surface area contributed by atoms with Gasteiger partial charge in [0.15, 0.2) is 4.34 Å². The molecule has 0 fully saturated rings. The molecule has 7 heteroatoms. The molecule has 0 saturated carbocycles. The molecule has 0 spiro atoms. The molecule has 0 aliphatic heterocycles. The number of para-hydroxylation sites is 1. The van der Waals surface area contributed by atoms with Crippen LogP contribution < -0.4 is 5.32 Å². The van der Waals surface area contributed by atoms with E-state index in [-0.39, 0.29) is 18.4 Å². The van der Waals surface area contributed by atoms with Crippen LogP contribution in [0.2, 0.25) is 0 Å². The lowest BCUT2D eigenvalue weighted by atomic mass is 10.3. The monoisotopic (exact) mass is 337 g/mol. The Balaban J connectivity index is 1.91. The number of thiazole rings is 1. The fraction of sp³-hybridized carbons (Fsp3) is 0.400. The van der Waals surface area contributed by atoms with Crippen molar-refractivity contribution in [3.05, 3.63) is 24.3 Å². The summed E-state index contributed by atoms with van der Waals surface area (Å²) in [5, 5.41) is 2.71. The first-order valence-electron chi connectivity index (χ1n) is 7.16. The van der Waals surface area contributed by atoms with Gasteiger partial charge in [-0.25, -0.2) is 4.98 Å². The molecule has 0 aliphatic carbocycles. The summed E-state index contributed by atoms with van der Waals surface area (Å²) in [6, 6.07) is 7.91. The van der Waals surface area contributed by atoms with Gasteiger partial charge in [0.05, 0.1) is 22.5 Å². The van der Waals surface area contributed by atoms with Gasteiger partial charge in [-0.3, -0.25) is 9.59 Å². The Bertz CT molecular complexity index is 624. The summed E-state index contributed by atoms with van der Waals surface area (Å²) >= 11 is 3.01. The van der Waals surface area contributed by atoms with Gasteiger partial charge in [0, 0.05) is 13.1 Å². The second kappa shape index (κ2) is 8.14. The van der Waals surface area contributed by atoms with Gasteiger partial charge in [-0.15, -0.1) is 11.3 Å². The molecule has 0 atom stereocenters. The second-order valence-corrected chi connectivity index (χ2v) is 6.85. The van der Waals surface area contributed by atoms with Gasteiger partial charge < -0.3 is 10.2 Å². The number of rotatable bonds is 7. The van der Waals surface area contributed by atoms with E-state index in [1.54, 1.807) is 16.2 Å². The molecular formula is C15H19N3O2S2. The van der Waals surface area contributed by atoms with Crippen molar-refractivity contribution < 1.29 is 9.59 Å². The highest BCUT2D eigenvalue weighted by Gasteiger charge is 2.16. The van der Waals surface area contributed by atoms with Crippen molar-refractivity contribution in [2.24, 2.45) is 0 Å². The van der Waals surface area contributed by atoms with E-state index in [9.17, 15) is 9.59 Å². The van der Waals surface area contributed by atoms with E-state index in [2.05, 4.69) is 10.3 Å². The average molecular weight is 337 g/mol. The Morgan fingerprint density at radius 3 is 2.77 bits per heavy atom. The van der Waals surface area contributed by atoms with Crippen molar-refractivity contribution in [1.82, 2.24) is 15.2 Å². The molecule has 1 aromatic carbocycles. The van der Waals surface area contributed by atoms with E-state index in [1.807, 2.05) is 38.1 Å². The fourth-order valence-electron chi connectivity index (χ4n) is 1.93. The highest BCUT2D eigenvalue weighted by molar-refractivity contribution is 8.01. The summed E-state index contributed by atoms with van der Waals surface area (Å²) in [6.45, 7) is 4.95. The molecule has 0 radical (unpaired) electrons. The molecule has 0 saturated heterocycles. The zero-order valence-corrected chi connectivity index (χ0v) is 14.3. The van der Waals surface area contributed by atoms with E-state index in [0.717, 1.165) is 14.6 Å². The summed E-state index contributed by atoms with van der Waals surface area (Å²) < 4.78 is 2.00. The van der Waals surface area contributed by atoms with Crippen molar-refractivity contribution in [3.63, 3.8) is 0 Å². The first-order chi connectivity index (χ1) is 10.6. The zero-order valence-electron chi connectivity index (χ0n) is 12.7. The van der Waals surface area contributed by atoms with Gasteiger partial charge in [-0.2, -0.15) is 0 Å². The number of carbonyl (C=O) groups is 2. The minimum Gasteiger partial charge on any atom is -0.355 e. The van der Waals surface area contributed by atoms with Gasteiger partial charge in [-0.1, -0.05) is 23.9 Å². The van der Waals surface area contributed by atoms with Crippen LogP contribution in [0.15, 0.2) is 28.6 Å².